The van der Waals surface area contributed by atoms with Gasteiger partial charge in [-0.3, -0.25) is 4.90 Å². The molecular formula is C23H35N3O3. The summed E-state index contributed by atoms with van der Waals surface area (Å²) in [5.41, 5.74) is 0.817. The first-order valence-electron chi connectivity index (χ1n) is 10.8. The number of β-amino-alcohol motifs (C(OH)–C–C–N with tert-alkyl or cyclic N) is 1. The fraction of sp³-hybridized carbons (Fsp3) is 0.609. The fourth-order valence-electron chi connectivity index (χ4n) is 4.29. The Balaban J connectivity index is 1.49. The maximum absolute atomic E-state index is 10.7. The normalized spacial score (nSPS) is 22.7. The molecule has 0 saturated carbocycles. The molecule has 2 aromatic rings. The third-order valence-electron chi connectivity index (χ3n) is 6.12. The predicted molar refractivity (Wildman–Crippen MR) is 114 cm³/mol. The van der Waals surface area contributed by atoms with Crippen LogP contribution in [-0.2, 0) is 13.1 Å². The molecule has 2 atom stereocenters. The van der Waals surface area contributed by atoms with Crippen LogP contribution in [0.15, 0.2) is 43.0 Å². The van der Waals surface area contributed by atoms with Crippen molar-refractivity contribution in [3.63, 3.8) is 0 Å². The zero-order chi connectivity index (χ0) is 20.5. The molecule has 0 amide bonds. The Hall–Kier alpha value is -1.89. The molecule has 1 aromatic carbocycles. The summed E-state index contributed by atoms with van der Waals surface area (Å²) in [5.74, 6) is 0.928. The Labute approximate surface area is 174 Å². The van der Waals surface area contributed by atoms with Gasteiger partial charge in [0.05, 0.1) is 25.6 Å². The Morgan fingerprint density at radius 1 is 1.28 bits per heavy atom. The molecule has 1 aromatic heterocycles. The van der Waals surface area contributed by atoms with Crippen molar-refractivity contribution in [2.75, 3.05) is 26.3 Å². The Morgan fingerprint density at radius 3 is 2.86 bits per heavy atom. The Bertz CT molecular complexity index is 722. The Kier molecular flexibility index (Phi) is 8.09. The lowest BCUT2D eigenvalue weighted by Crippen LogP contribution is -2.52. The standard InChI is InChI=1S/C23H35N3O3/c1-2-9-23(18-27)10-13-26(17-22(23)28)16-20-7-3-4-8-21(20)29-15-6-5-12-25-14-11-24-19-25/h3-4,7-8,11,14,19,22,27-28H,2,5-6,9-10,12-13,15-18H2,1H3/t22-,23+/m0/s1. The van der Waals surface area contributed by atoms with Crippen molar-refractivity contribution < 1.29 is 14.9 Å². The van der Waals surface area contributed by atoms with Gasteiger partial charge in [0.15, 0.2) is 0 Å². The number of nitrogens with zero attached hydrogens (tertiary/aromatic N) is 3. The van der Waals surface area contributed by atoms with Crippen LogP contribution >= 0.6 is 0 Å². The van der Waals surface area contributed by atoms with Crippen molar-refractivity contribution in [2.45, 2.75) is 58.2 Å². The van der Waals surface area contributed by atoms with Crippen LogP contribution in [-0.4, -0.2) is 57.1 Å². The average molecular weight is 402 g/mol. The van der Waals surface area contributed by atoms with Crippen LogP contribution in [0.2, 0.25) is 0 Å². The number of likely N-dealkylation sites (tertiary alicyclic amines) is 1. The van der Waals surface area contributed by atoms with E-state index in [2.05, 4.69) is 27.4 Å². The van der Waals surface area contributed by atoms with Gasteiger partial charge < -0.3 is 19.5 Å². The first kappa shape index (κ1) is 21.8. The first-order chi connectivity index (χ1) is 14.2. The quantitative estimate of drug-likeness (QED) is 0.566. The molecule has 1 aliphatic rings. The highest BCUT2D eigenvalue weighted by atomic mass is 16.5. The number of piperidine rings is 1. The van der Waals surface area contributed by atoms with E-state index in [0.29, 0.717) is 13.2 Å². The summed E-state index contributed by atoms with van der Waals surface area (Å²) in [6, 6.07) is 8.18. The number of aromatic nitrogens is 2. The summed E-state index contributed by atoms with van der Waals surface area (Å²) in [6.45, 7) is 6.07. The molecule has 160 valence electrons. The summed E-state index contributed by atoms with van der Waals surface area (Å²) in [7, 11) is 0. The van der Waals surface area contributed by atoms with Gasteiger partial charge in [-0.25, -0.2) is 4.98 Å². The summed E-state index contributed by atoms with van der Waals surface area (Å²) in [4.78, 5) is 6.33. The second-order valence-electron chi connectivity index (χ2n) is 8.24. The van der Waals surface area contributed by atoms with Crippen molar-refractivity contribution in [3.05, 3.63) is 48.5 Å². The van der Waals surface area contributed by atoms with Crippen LogP contribution in [0.25, 0.3) is 0 Å². The number of hydrogen-bond acceptors (Lipinski definition) is 5. The molecule has 0 bridgehead atoms. The lowest BCUT2D eigenvalue weighted by Gasteiger charge is -2.44. The second-order valence-corrected chi connectivity index (χ2v) is 8.24. The van der Waals surface area contributed by atoms with Gasteiger partial charge in [-0.15, -0.1) is 0 Å². The first-order valence-corrected chi connectivity index (χ1v) is 10.8. The highest BCUT2D eigenvalue weighted by Gasteiger charge is 2.41. The van der Waals surface area contributed by atoms with Gasteiger partial charge in [-0.2, -0.15) is 0 Å². The number of aryl methyl sites for hydroxylation is 1. The molecule has 2 heterocycles. The van der Waals surface area contributed by atoms with Crippen LogP contribution < -0.4 is 4.74 Å². The molecule has 6 heteroatoms. The minimum absolute atomic E-state index is 0.0641. The van der Waals surface area contributed by atoms with E-state index in [1.54, 1.807) is 6.20 Å². The van der Waals surface area contributed by atoms with E-state index in [-0.39, 0.29) is 12.0 Å². The number of aliphatic hydroxyl groups excluding tert-OH is 2. The van der Waals surface area contributed by atoms with Crippen molar-refractivity contribution in [1.82, 2.24) is 14.5 Å². The van der Waals surface area contributed by atoms with Gasteiger partial charge >= 0.3 is 0 Å². The average Bonchev–Trinajstić information content (AvgIpc) is 3.25. The van der Waals surface area contributed by atoms with Gasteiger partial charge in [-0.1, -0.05) is 31.5 Å². The second kappa shape index (κ2) is 10.8. The van der Waals surface area contributed by atoms with Gasteiger partial charge in [0.2, 0.25) is 0 Å². The predicted octanol–water partition coefficient (Wildman–Crippen LogP) is 3.09. The molecule has 29 heavy (non-hydrogen) atoms. The van der Waals surface area contributed by atoms with E-state index >= 15 is 0 Å². The lowest BCUT2D eigenvalue weighted by molar-refractivity contribution is -0.0803. The van der Waals surface area contributed by atoms with E-state index in [4.69, 9.17) is 4.74 Å². The lowest BCUT2D eigenvalue weighted by atomic mass is 9.73. The monoisotopic (exact) mass is 401 g/mol. The van der Waals surface area contributed by atoms with Crippen LogP contribution in [0.4, 0.5) is 0 Å². The van der Waals surface area contributed by atoms with Crippen LogP contribution in [0, 0.1) is 5.41 Å². The maximum atomic E-state index is 10.7. The summed E-state index contributed by atoms with van der Waals surface area (Å²) in [6.07, 6.45) is 9.86. The topological polar surface area (TPSA) is 70.8 Å². The summed E-state index contributed by atoms with van der Waals surface area (Å²) < 4.78 is 8.16. The van der Waals surface area contributed by atoms with Crippen molar-refractivity contribution in [3.8, 4) is 5.75 Å². The Morgan fingerprint density at radius 2 is 2.14 bits per heavy atom. The van der Waals surface area contributed by atoms with Crippen LogP contribution in [0.1, 0.15) is 44.6 Å². The van der Waals surface area contributed by atoms with Crippen LogP contribution in [0.5, 0.6) is 5.75 Å². The van der Waals surface area contributed by atoms with E-state index < -0.39 is 6.10 Å². The number of hydrogen-bond donors (Lipinski definition) is 2. The van der Waals surface area contributed by atoms with Crippen molar-refractivity contribution in [2.24, 2.45) is 5.41 Å². The molecule has 1 aliphatic heterocycles. The molecule has 0 radical (unpaired) electrons. The SMILES string of the molecule is CCC[C@]1(CO)CCN(Cc2ccccc2OCCCCn2ccnc2)C[C@@H]1O. The highest BCUT2D eigenvalue weighted by Crippen LogP contribution is 2.36. The number of ether oxygens (including phenoxy) is 1. The molecule has 1 saturated heterocycles. The molecular weight excluding hydrogens is 366 g/mol. The number of benzene rings is 1. The van der Waals surface area contributed by atoms with E-state index in [1.807, 2.05) is 30.7 Å². The highest BCUT2D eigenvalue weighted by molar-refractivity contribution is 5.33. The molecule has 2 N–H and O–H groups in total. The minimum Gasteiger partial charge on any atom is -0.493 e. The zero-order valence-electron chi connectivity index (χ0n) is 17.5. The molecule has 1 fully saturated rings. The number of aliphatic hydroxyl groups is 2. The number of rotatable bonds is 11. The summed E-state index contributed by atoms with van der Waals surface area (Å²) in [5, 5.41) is 20.6. The number of para-hydroxylation sites is 1. The van der Waals surface area contributed by atoms with Gasteiger partial charge in [0.25, 0.3) is 0 Å². The molecule has 0 aliphatic carbocycles. The fourth-order valence-corrected chi connectivity index (χ4v) is 4.29. The largest absolute Gasteiger partial charge is 0.493 e. The third-order valence-corrected chi connectivity index (χ3v) is 6.12. The maximum Gasteiger partial charge on any atom is 0.123 e. The molecule has 0 spiro atoms. The smallest absolute Gasteiger partial charge is 0.123 e. The molecule has 3 rings (SSSR count). The molecule has 0 unspecified atom stereocenters. The van der Waals surface area contributed by atoms with Crippen molar-refractivity contribution in [1.29, 1.82) is 0 Å². The van der Waals surface area contributed by atoms with Gasteiger partial charge in [0, 0.05) is 43.0 Å². The summed E-state index contributed by atoms with van der Waals surface area (Å²) >= 11 is 0. The minimum atomic E-state index is -0.488. The van der Waals surface area contributed by atoms with Gasteiger partial charge in [0.1, 0.15) is 5.75 Å². The van der Waals surface area contributed by atoms with Crippen LogP contribution in [0.3, 0.4) is 0 Å². The third kappa shape index (κ3) is 5.81. The molecule has 6 nitrogen and oxygen atoms in total. The van der Waals surface area contributed by atoms with Crippen molar-refractivity contribution >= 4 is 0 Å². The van der Waals surface area contributed by atoms with E-state index in [0.717, 1.165) is 63.1 Å². The zero-order valence-corrected chi connectivity index (χ0v) is 17.5. The van der Waals surface area contributed by atoms with E-state index in [1.165, 1.54) is 0 Å². The van der Waals surface area contributed by atoms with Gasteiger partial charge in [-0.05, 0) is 38.3 Å². The van der Waals surface area contributed by atoms with E-state index in [9.17, 15) is 10.2 Å². The number of unbranched alkanes of at least 4 members (excludes halogenated alkanes) is 1. The number of imidazole rings is 1.